The zero-order valence-corrected chi connectivity index (χ0v) is 10.8. The van der Waals surface area contributed by atoms with Crippen LogP contribution in [0.5, 0.6) is 0 Å². The molecule has 1 rings (SSSR count). The summed E-state index contributed by atoms with van der Waals surface area (Å²) in [5.41, 5.74) is 0.833. The van der Waals surface area contributed by atoms with E-state index in [1.54, 1.807) is 0 Å². The fourth-order valence-electron chi connectivity index (χ4n) is 1.42. The first kappa shape index (κ1) is 14.4. The Labute approximate surface area is 112 Å². The zero-order valence-electron chi connectivity index (χ0n) is 9.26. The number of alkyl halides is 1. The number of carbonyl (C=O) groups is 2. The number of hydrogen-bond donors (Lipinski definition) is 2. The van der Waals surface area contributed by atoms with Gasteiger partial charge in [0.25, 0.3) is 0 Å². The van der Waals surface area contributed by atoms with Gasteiger partial charge in [-0.2, -0.15) is 5.26 Å². The van der Waals surface area contributed by atoms with Gasteiger partial charge in [0.1, 0.15) is 5.78 Å². The molecule has 0 aliphatic carbocycles. The molecule has 0 saturated carbocycles. The summed E-state index contributed by atoms with van der Waals surface area (Å²) in [7, 11) is 0. The fraction of sp³-hybridized carbons (Fsp3) is 0.250. The molecule has 0 aliphatic rings. The van der Waals surface area contributed by atoms with E-state index in [9.17, 15) is 14.7 Å². The van der Waals surface area contributed by atoms with Crippen molar-refractivity contribution in [2.45, 2.75) is 12.5 Å². The molecule has 0 amide bonds. The summed E-state index contributed by atoms with van der Waals surface area (Å²) in [5, 5.41) is 27.2. The van der Waals surface area contributed by atoms with Crippen molar-refractivity contribution in [1.82, 2.24) is 0 Å². The van der Waals surface area contributed by atoms with E-state index in [1.165, 1.54) is 18.2 Å². The van der Waals surface area contributed by atoms with Gasteiger partial charge in [-0.25, -0.2) is 4.79 Å². The van der Waals surface area contributed by atoms with Crippen LogP contribution in [0.2, 0.25) is 0 Å². The molecule has 1 aromatic rings. The van der Waals surface area contributed by atoms with Crippen LogP contribution in [0.3, 0.4) is 0 Å². The summed E-state index contributed by atoms with van der Waals surface area (Å²) >= 11 is 3.03. The summed E-state index contributed by atoms with van der Waals surface area (Å²) in [6.45, 7) is 0. The van der Waals surface area contributed by atoms with Gasteiger partial charge in [0.05, 0.1) is 17.0 Å². The van der Waals surface area contributed by atoms with E-state index >= 15 is 0 Å². The molecule has 0 saturated heterocycles. The number of halogens is 1. The maximum absolute atomic E-state index is 11.3. The maximum atomic E-state index is 11.3. The number of ketones is 1. The molecule has 1 atom stereocenters. The number of rotatable bonds is 5. The Morgan fingerprint density at radius 3 is 2.61 bits per heavy atom. The first-order chi connectivity index (χ1) is 8.49. The lowest BCUT2D eigenvalue weighted by Gasteiger charge is -2.08. The van der Waals surface area contributed by atoms with Gasteiger partial charge in [-0.05, 0) is 17.2 Å². The largest absolute Gasteiger partial charge is 0.479 e. The SMILES string of the molecule is N#Cc1cc(C(O)C(=O)O)ccc1CC(=O)CBr. The van der Waals surface area contributed by atoms with Gasteiger partial charge in [-0.15, -0.1) is 0 Å². The summed E-state index contributed by atoms with van der Waals surface area (Å²) in [6.07, 6.45) is -1.57. The Morgan fingerprint density at radius 2 is 2.11 bits per heavy atom. The number of carboxylic acid groups (broad SMARTS) is 1. The van der Waals surface area contributed by atoms with Crippen LogP contribution >= 0.6 is 15.9 Å². The molecule has 0 radical (unpaired) electrons. The second-order valence-electron chi connectivity index (χ2n) is 3.62. The number of carbonyl (C=O) groups excluding carboxylic acids is 1. The predicted molar refractivity (Wildman–Crippen MR) is 66.3 cm³/mol. The van der Waals surface area contributed by atoms with Crippen molar-refractivity contribution in [2.24, 2.45) is 0 Å². The number of benzene rings is 1. The molecule has 0 aromatic heterocycles. The van der Waals surface area contributed by atoms with E-state index in [4.69, 9.17) is 10.4 Å². The summed E-state index contributed by atoms with van der Waals surface area (Å²) in [6, 6.07) is 6.06. The van der Waals surface area contributed by atoms with Crippen molar-refractivity contribution >= 4 is 27.7 Å². The maximum Gasteiger partial charge on any atom is 0.337 e. The standard InChI is InChI=1S/C12H10BrNO4/c13-5-10(15)4-7-1-2-8(3-9(7)6-14)11(16)12(17)18/h1-3,11,16H,4-5H2,(H,17,18). The number of hydrogen-bond acceptors (Lipinski definition) is 4. The molecule has 1 aromatic carbocycles. The number of carboxylic acids is 1. The second-order valence-corrected chi connectivity index (χ2v) is 4.18. The second kappa shape index (κ2) is 6.28. The van der Waals surface area contributed by atoms with E-state index in [0.29, 0.717) is 5.56 Å². The topological polar surface area (TPSA) is 98.4 Å². The molecule has 2 N–H and O–H groups in total. The molecule has 94 valence electrons. The van der Waals surface area contributed by atoms with Crippen LogP contribution in [0, 0.1) is 11.3 Å². The molecule has 0 aliphatic heterocycles. The Kier molecular flexibility index (Phi) is 5.01. The molecule has 6 heteroatoms. The quantitative estimate of drug-likeness (QED) is 0.796. The van der Waals surface area contributed by atoms with Crippen molar-refractivity contribution in [3.8, 4) is 6.07 Å². The van der Waals surface area contributed by atoms with Crippen molar-refractivity contribution in [2.75, 3.05) is 5.33 Å². The third-order valence-electron chi connectivity index (χ3n) is 2.34. The highest BCUT2D eigenvalue weighted by atomic mass is 79.9. The molecular weight excluding hydrogens is 302 g/mol. The molecular formula is C12H10BrNO4. The van der Waals surface area contributed by atoms with Crippen LogP contribution < -0.4 is 0 Å². The zero-order chi connectivity index (χ0) is 13.7. The molecule has 0 spiro atoms. The van der Waals surface area contributed by atoms with E-state index < -0.39 is 12.1 Å². The Morgan fingerprint density at radius 1 is 1.44 bits per heavy atom. The molecule has 5 nitrogen and oxygen atoms in total. The number of nitrogens with zero attached hydrogens (tertiary/aromatic N) is 1. The Hall–Kier alpha value is -1.71. The van der Waals surface area contributed by atoms with Crippen LogP contribution in [0.1, 0.15) is 22.8 Å². The average molecular weight is 312 g/mol. The van der Waals surface area contributed by atoms with Gasteiger partial charge in [0.15, 0.2) is 6.10 Å². The Bertz CT molecular complexity index is 521. The lowest BCUT2D eigenvalue weighted by atomic mass is 9.98. The number of aliphatic hydroxyl groups is 1. The first-order valence-electron chi connectivity index (χ1n) is 5.01. The minimum atomic E-state index is -1.67. The fourth-order valence-corrected chi connectivity index (χ4v) is 1.62. The van der Waals surface area contributed by atoms with Crippen LogP contribution in [0.15, 0.2) is 18.2 Å². The molecule has 0 fully saturated rings. The minimum absolute atomic E-state index is 0.0852. The number of Topliss-reactive ketones (excluding diaryl/α,β-unsaturated/α-hetero) is 1. The van der Waals surface area contributed by atoms with Gasteiger partial charge in [-0.3, -0.25) is 4.79 Å². The summed E-state index contributed by atoms with van der Waals surface area (Å²) < 4.78 is 0. The average Bonchev–Trinajstić information content (AvgIpc) is 2.37. The monoisotopic (exact) mass is 311 g/mol. The van der Waals surface area contributed by atoms with Gasteiger partial charge < -0.3 is 10.2 Å². The predicted octanol–water partition coefficient (Wildman–Crippen LogP) is 1.18. The van der Waals surface area contributed by atoms with Gasteiger partial charge in [-0.1, -0.05) is 28.1 Å². The Balaban J connectivity index is 3.08. The molecule has 0 bridgehead atoms. The first-order valence-corrected chi connectivity index (χ1v) is 6.13. The van der Waals surface area contributed by atoms with Crippen LogP contribution in [0.25, 0.3) is 0 Å². The van der Waals surface area contributed by atoms with Crippen LogP contribution in [-0.4, -0.2) is 27.3 Å². The molecule has 0 heterocycles. The highest BCUT2D eigenvalue weighted by molar-refractivity contribution is 9.09. The van der Waals surface area contributed by atoms with Crippen molar-refractivity contribution in [3.63, 3.8) is 0 Å². The highest BCUT2D eigenvalue weighted by Crippen LogP contribution is 2.18. The number of aliphatic hydroxyl groups excluding tert-OH is 1. The van der Waals surface area contributed by atoms with Crippen LogP contribution in [0.4, 0.5) is 0 Å². The van der Waals surface area contributed by atoms with Crippen molar-refractivity contribution in [3.05, 3.63) is 34.9 Å². The van der Waals surface area contributed by atoms with E-state index in [2.05, 4.69) is 15.9 Å². The lowest BCUT2D eigenvalue weighted by molar-refractivity contribution is -0.147. The minimum Gasteiger partial charge on any atom is -0.479 e. The molecule has 1 unspecified atom stereocenters. The van der Waals surface area contributed by atoms with Gasteiger partial charge in [0, 0.05) is 6.42 Å². The smallest absolute Gasteiger partial charge is 0.337 e. The number of aliphatic carboxylic acids is 1. The van der Waals surface area contributed by atoms with Crippen LogP contribution in [-0.2, 0) is 16.0 Å². The summed E-state index contributed by atoms with van der Waals surface area (Å²) in [5.74, 6) is -1.47. The third-order valence-corrected chi connectivity index (χ3v) is 2.97. The highest BCUT2D eigenvalue weighted by Gasteiger charge is 2.17. The molecule has 18 heavy (non-hydrogen) atoms. The normalized spacial score (nSPS) is 11.6. The van der Waals surface area contributed by atoms with Gasteiger partial charge in [0.2, 0.25) is 0 Å². The van der Waals surface area contributed by atoms with Gasteiger partial charge >= 0.3 is 5.97 Å². The van der Waals surface area contributed by atoms with Crippen molar-refractivity contribution in [1.29, 1.82) is 5.26 Å². The van der Waals surface area contributed by atoms with E-state index in [-0.39, 0.29) is 28.7 Å². The number of nitriles is 1. The van der Waals surface area contributed by atoms with E-state index in [0.717, 1.165) is 0 Å². The van der Waals surface area contributed by atoms with Crippen molar-refractivity contribution < 1.29 is 19.8 Å². The lowest BCUT2D eigenvalue weighted by Crippen LogP contribution is -2.11. The van der Waals surface area contributed by atoms with E-state index in [1.807, 2.05) is 6.07 Å². The third kappa shape index (κ3) is 3.39. The summed E-state index contributed by atoms with van der Waals surface area (Å²) in [4.78, 5) is 21.9.